The highest BCUT2D eigenvalue weighted by atomic mass is 32.2. The third-order valence-electron chi connectivity index (χ3n) is 4.24. The van der Waals surface area contributed by atoms with Crippen molar-refractivity contribution in [1.82, 2.24) is 0 Å². The van der Waals surface area contributed by atoms with Crippen molar-refractivity contribution in [1.29, 1.82) is 5.26 Å². The van der Waals surface area contributed by atoms with Gasteiger partial charge in [0.05, 0.1) is 17.3 Å². The Kier molecular flexibility index (Phi) is 6.56. The number of nitrogens with zero attached hydrogens (tertiary/aromatic N) is 2. The lowest BCUT2D eigenvalue weighted by atomic mass is 10.2. The lowest BCUT2D eigenvalue weighted by Gasteiger charge is -2.22. The number of thioether (sulfide) groups is 1. The zero-order valence-electron chi connectivity index (χ0n) is 15.5. The first-order valence-electron chi connectivity index (χ1n) is 8.91. The van der Waals surface area contributed by atoms with Crippen molar-refractivity contribution < 1.29 is 19.1 Å². The van der Waals surface area contributed by atoms with Crippen molar-refractivity contribution in [3.05, 3.63) is 54.1 Å². The van der Waals surface area contributed by atoms with E-state index in [9.17, 15) is 9.59 Å². The molecule has 0 aromatic heterocycles. The summed E-state index contributed by atoms with van der Waals surface area (Å²) >= 11 is 1.74. The number of benzene rings is 2. The Hall–Kier alpha value is -2.98. The van der Waals surface area contributed by atoms with E-state index in [1.807, 2.05) is 30.3 Å². The van der Waals surface area contributed by atoms with Crippen molar-refractivity contribution >= 4 is 29.3 Å². The van der Waals surface area contributed by atoms with E-state index in [2.05, 4.69) is 6.92 Å². The van der Waals surface area contributed by atoms with E-state index in [1.165, 1.54) is 0 Å². The SMILES string of the molecule is CC1CCN(C(=O)COC(=O)COc2ccc(C#N)cc2)c2ccccc2S1. The van der Waals surface area contributed by atoms with E-state index in [1.54, 1.807) is 40.9 Å². The van der Waals surface area contributed by atoms with Crippen molar-refractivity contribution in [2.45, 2.75) is 23.5 Å². The van der Waals surface area contributed by atoms with Gasteiger partial charge in [0.25, 0.3) is 5.91 Å². The molecule has 1 heterocycles. The van der Waals surface area contributed by atoms with Gasteiger partial charge in [-0.05, 0) is 42.8 Å². The van der Waals surface area contributed by atoms with Crippen molar-refractivity contribution in [2.75, 3.05) is 24.7 Å². The summed E-state index contributed by atoms with van der Waals surface area (Å²) < 4.78 is 10.4. The zero-order chi connectivity index (χ0) is 19.9. The smallest absolute Gasteiger partial charge is 0.344 e. The van der Waals surface area contributed by atoms with E-state index < -0.39 is 5.97 Å². The molecule has 1 aliphatic rings. The molecule has 2 aromatic carbocycles. The van der Waals surface area contributed by atoms with Crippen LogP contribution >= 0.6 is 11.8 Å². The lowest BCUT2D eigenvalue weighted by Crippen LogP contribution is -2.36. The topological polar surface area (TPSA) is 79.6 Å². The van der Waals surface area contributed by atoms with Crippen LogP contribution in [0.2, 0.25) is 0 Å². The Bertz CT molecular complexity index is 892. The molecule has 0 radical (unpaired) electrons. The van der Waals surface area contributed by atoms with Crippen LogP contribution in [-0.2, 0) is 14.3 Å². The largest absolute Gasteiger partial charge is 0.482 e. The first kappa shape index (κ1) is 19.8. The zero-order valence-corrected chi connectivity index (χ0v) is 16.3. The monoisotopic (exact) mass is 396 g/mol. The van der Waals surface area contributed by atoms with Gasteiger partial charge in [-0.3, -0.25) is 4.79 Å². The summed E-state index contributed by atoms with van der Waals surface area (Å²) in [6, 6.07) is 16.2. The van der Waals surface area contributed by atoms with Gasteiger partial charge in [0, 0.05) is 16.7 Å². The number of carbonyl (C=O) groups excluding carboxylic acids is 2. The fourth-order valence-electron chi connectivity index (χ4n) is 2.78. The lowest BCUT2D eigenvalue weighted by molar-refractivity contribution is -0.149. The van der Waals surface area contributed by atoms with Gasteiger partial charge in [0.1, 0.15) is 5.75 Å². The maximum atomic E-state index is 12.6. The van der Waals surface area contributed by atoms with E-state index in [-0.39, 0.29) is 19.1 Å². The summed E-state index contributed by atoms with van der Waals surface area (Å²) in [5.74, 6) is -0.424. The number of fused-ring (bicyclic) bond motifs is 1. The number of hydrogen-bond acceptors (Lipinski definition) is 6. The van der Waals surface area contributed by atoms with Crippen molar-refractivity contribution in [2.24, 2.45) is 0 Å². The highest BCUT2D eigenvalue weighted by Crippen LogP contribution is 2.37. The van der Waals surface area contributed by atoms with Crippen LogP contribution in [-0.4, -0.2) is 36.9 Å². The molecule has 0 fully saturated rings. The third kappa shape index (κ3) is 5.05. The molecular weight excluding hydrogens is 376 g/mol. The first-order valence-corrected chi connectivity index (χ1v) is 9.79. The maximum Gasteiger partial charge on any atom is 0.344 e. The minimum Gasteiger partial charge on any atom is -0.482 e. The average molecular weight is 396 g/mol. The molecular formula is C21H20N2O4S. The van der Waals surface area contributed by atoms with Crippen LogP contribution in [0.25, 0.3) is 0 Å². The molecule has 3 rings (SSSR count). The predicted molar refractivity (Wildman–Crippen MR) is 106 cm³/mol. The molecule has 0 saturated heterocycles. The molecule has 1 unspecified atom stereocenters. The van der Waals surface area contributed by atoms with Crippen molar-refractivity contribution in [3.63, 3.8) is 0 Å². The fourth-order valence-corrected chi connectivity index (χ4v) is 3.89. The highest BCUT2D eigenvalue weighted by molar-refractivity contribution is 8.00. The second-order valence-corrected chi connectivity index (χ2v) is 7.80. The molecule has 2 aromatic rings. The Morgan fingerprint density at radius 3 is 2.68 bits per heavy atom. The summed E-state index contributed by atoms with van der Waals surface area (Å²) in [7, 11) is 0. The third-order valence-corrected chi connectivity index (χ3v) is 5.48. The van der Waals surface area contributed by atoms with E-state index >= 15 is 0 Å². The molecule has 144 valence electrons. The number of hydrogen-bond donors (Lipinski definition) is 0. The normalized spacial score (nSPS) is 15.7. The minimum absolute atomic E-state index is 0.256. The molecule has 6 nitrogen and oxygen atoms in total. The molecule has 7 heteroatoms. The standard InChI is InChI=1S/C21H20N2O4S/c1-15-10-11-23(18-4-2-3-5-19(18)28-15)20(24)13-27-21(25)14-26-17-8-6-16(12-22)7-9-17/h2-9,15H,10-11,13-14H2,1H3. The van der Waals surface area contributed by atoms with Crippen LogP contribution in [0.1, 0.15) is 18.9 Å². The van der Waals surface area contributed by atoms with Gasteiger partial charge in [-0.15, -0.1) is 11.8 Å². The Morgan fingerprint density at radius 2 is 1.93 bits per heavy atom. The highest BCUT2D eigenvalue weighted by Gasteiger charge is 2.24. The number of esters is 1. The van der Waals surface area contributed by atoms with Gasteiger partial charge in [-0.1, -0.05) is 19.1 Å². The van der Waals surface area contributed by atoms with Gasteiger partial charge in [0.15, 0.2) is 13.2 Å². The minimum atomic E-state index is -0.622. The molecule has 0 aliphatic carbocycles. The van der Waals surface area contributed by atoms with Gasteiger partial charge >= 0.3 is 5.97 Å². The molecule has 1 amide bonds. The quantitative estimate of drug-likeness (QED) is 0.721. The maximum absolute atomic E-state index is 12.6. The van der Waals surface area contributed by atoms with Crippen LogP contribution in [0.4, 0.5) is 5.69 Å². The number of nitriles is 1. The Morgan fingerprint density at radius 1 is 1.18 bits per heavy atom. The number of para-hydroxylation sites is 1. The average Bonchev–Trinajstić information content (AvgIpc) is 2.89. The number of anilines is 1. The summed E-state index contributed by atoms with van der Waals surface area (Å²) in [5.41, 5.74) is 1.36. The molecule has 0 N–H and O–H groups in total. The van der Waals surface area contributed by atoms with Crippen LogP contribution in [0, 0.1) is 11.3 Å². The number of amides is 1. The second kappa shape index (κ2) is 9.29. The van der Waals surface area contributed by atoms with E-state index in [0.29, 0.717) is 23.1 Å². The van der Waals surface area contributed by atoms with Crippen LogP contribution < -0.4 is 9.64 Å². The number of ether oxygens (including phenoxy) is 2. The molecule has 0 bridgehead atoms. The van der Waals surface area contributed by atoms with Gasteiger partial charge in [-0.25, -0.2) is 4.79 Å². The van der Waals surface area contributed by atoms with E-state index in [4.69, 9.17) is 14.7 Å². The van der Waals surface area contributed by atoms with Crippen molar-refractivity contribution in [3.8, 4) is 11.8 Å². The fraction of sp³-hybridized carbons (Fsp3) is 0.286. The van der Waals surface area contributed by atoms with Gasteiger partial charge < -0.3 is 14.4 Å². The molecule has 1 aliphatic heterocycles. The van der Waals surface area contributed by atoms with Gasteiger partial charge in [0.2, 0.25) is 0 Å². The van der Waals surface area contributed by atoms with E-state index in [0.717, 1.165) is 17.0 Å². The molecule has 0 spiro atoms. The summed E-state index contributed by atoms with van der Waals surface area (Å²) in [6.45, 7) is 2.09. The summed E-state index contributed by atoms with van der Waals surface area (Å²) in [6.07, 6.45) is 0.862. The molecule has 0 saturated carbocycles. The van der Waals surface area contributed by atoms with Crippen LogP contribution in [0.3, 0.4) is 0 Å². The van der Waals surface area contributed by atoms with Gasteiger partial charge in [-0.2, -0.15) is 5.26 Å². The number of carbonyl (C=O) groups is 2. The summed E-state index contributed by atoms with van der Waals surface area (Å²) in [4.78, 5) is 27.3. The Balaban J connectivity index is 1.53. The van der Waals surface area contributed by atoms with Crippen LogP contribution in [0.5, 0.6) is 5.75 Å². The first-order chi connectivity index (χ1) is 13.6. The molecule has 28 heavy (non-hydrogen) atoms. The second-order valence-electron chi connectivity index (χ2n) is 6.32. The Labute approximate surface area is 168 Å². The molecule has 1 atom stereocenters. The van der Waals surface area contributed by atoms with Crippen LogP contribution in [0.15, 0.2) is 53.4 Å². The predicted octanol–water partition coefficient (Wildman–Crippen LogP) is 3.40. The summed E-state index contributed by atoms with van der Waals surface area (Å²) in [5, 5.41) is 9.17. The number of rotatable bonds is 5.